The van der Waals surface area contributed by atoms with Crippen molar-refractivity contribution in [2.24, 2.45) is 0 Å². The first kappa shape index (κ1) is 44.0. The second-order valence-corrected chi connectivity index (χ2v) is 19.7. The molecule has 0 saturated carbocycles. The zero-order valence-corrected chi connectivity index (χ0v) is 41.5. The molecule has 7 heteroatoms. The number of furan rings is 1. The summed E-state index contributed by atoms with van der Waals surface area (Å²) in [6.45, 7) is 13.5. The zero-order chi connectivity index (χ0) is 46.3. The number of hydrogen-bond acceptors (Lipinski definition) is 3. The largest absolute Gasteiger partial charge is 0.510 e. The van der Waals surface area contributed by atoms with Gasteiger partial charge in [0.15, 0.2) is 0 Å². The van der Waals surface area contributed by atoms with Crippen LogP contribution in [-0.4, -0.2) is 14.1 Å². The Hall–Kier alpha value is -7.53. The van der Waals surface area contributed by atoms with Crippen LogP contribution < -0.4 is 9.30 Å². The second kappa shape index (κ2) is 16.9. The van der Waals surface area contributed by atoms with Crippen LogP contribution in [0.25, 0.3) is 94.2 Å². The van der Waals surface area contributed by atoms with E-state index in [2.05, 4.69) is 225 Å². The van der Waals surface area contributed by atoms with Crippen molar-refractivity contribution < 1.29 is 34.8 Å². The van der Waals surface area contributed by atoms with Gasteiger partial charge in [0.1, 0.15) is 17.0 Å². The van der Waals surface area contributed by atoms with E-state index in [0.29, 0.717) is 11.5 Å². The predicted octanol–water partition coefficient (Wildman–Crippen LogP) is 15.4. The summed E-state index contributed by atoms with van der Waals surface area (Å²) in [6, 6.07) is 68.7. The molecule has 0 unspecified atom stereocenters. The van der Waals surface area contributed by atoms with Crippen LogP contribution in [-0.2, 0) is 31.9 Å². The molecule has 0 atom stereocenters. The molecule has 0 spiro atoms. The summed E-state index contributed by atoms with van der Waals surface area (Å²) in [7, 11) is 0. The number of imidazole rings is 1. The normalized spacial score (nSPS) is 12.1. The summed E-state index contributed by atoms with van der Waals surface area (Å²) in [5.41, 5.74) is 14.1. The average Bonchev–Trinajstić information content (AvgIpc) is 4.03. The number of nitrogens with zero attached hydrogens (tertiary/aromatic N) is 4. The first-order valence-corrected chi connectivity index (χ1v) is 23.2. The molecule has 340 valence electrons. The summed E-state index contributed by atoms with van der Waals surface area (Å²) >= 11 is 0. The Balaban J connectivity index is 0.00000520. The third-order valence-corrected chi connectivity index (χ3v) is 13.1. The van der Waals surface area contributed by atoms with Crippen molar-refractivity contribution in [1.82, 2.24) is 14.1 Å². The number of para-hydroxylation sites is 5. The third kappa shape index (κ3) is 7.64. The topological polar surface area (TPSA) is 49.0 Å². The Morgan fingerprint density at radius 2 is 1.29 bits per heavy atom. The number of ether oxygens (including phenoxy) is 1. The number of benzene rings is 8. The molecular weight excluding hydrogens is 1030 g/mol. The van der Waals surface area contributed by atoms with Crippen molar-refractivity contribution >= 4 is 54.8 Å². The fourth-order valence-corrected chi connectivity index (χ4v) is 9.76. The number of fused-ring (bicyclic) bond motifs is 7. The van der Waals surface area contributed by atoms with E-state index in [4.69, 9.17) is 14.1 Å². The molecule has 0 radical (unpaired) electrons. The van der Waals surface area contributed by atoms with E-state index >= 15 is 0 Å². The van der Waals surface area contributed by atoms with Crippen LogP contribution in [0.1, 0.15) is 52.7 Å². The van der Waals surface area contributed by atoms with E-state index in [9.17, 15) is 0 Å². The molecule has 12 rings (SSSR count). The number of pyridine rings is 1. The molecule has 8 aromatic carbocycles. The Bertz CT molecular complexity index is 3920. The van der Waals surface area contributed by atoms with Gasteiger partial charge in [0.2, 0.25) is 0 Å². The first-order chi connectivity index (χ1) is 33.0. The predicted molar refractivity (Wildman–Crippen MR) is 276 cm³/mol. The molecule has 0 fully saturated rings. The molecule has 0 N–H and O–H groups in total. The van der Waals surface area contributed by atoms with Crippen molar-refractivity contribution in [3.63, 3.8) is 0 Å². The van der Waals surface area contributed by atoms with Crippen molar-refractivity contribution in [1.29, 1.82) is 0 Å². The maximum Gasteiger partial charge on any atom is 0.268 e. The van der Waals surface area contributed by atoms with Crippen LogP contribution in [0.4, 0.5) is 0 Å². The summed E-state index contributed by atoms with van der Waals surface area (Å²) < 4.78 is 19.8. The van der Waals surface area contributed by atoms with Gasteiger partial charge in [-0.05, 0) is 86.1 Å². The van der Waals surface area contributed by atoms with Gasteiger partial charge in [-0.25, -0.2) is 4.98 Å². The standard InChI is InChI=1S/C62H48N4O2.Pt/c1-61(2,3)42-32-33-63-58(36-42)66-53-26-12-10-22-47(53)48-31-30-45(38-56(48)66)67-44-21-16-20-43(37-44)64-39-65(55-28-14-13-27-54(55)64)59-46(24-17-25-52(59)62(4,5)6)41-34-50(40-18-8-7-9-19-40)60-51(35-41)49-23-11-15-29-57(49)68-60;/h7-36H,1-6H3;/q-2;. The van der Waals surface area contributed by atoms with E-state index in [1.54, 1.807) is 0 Å². The number of rotatable bonds is 7. The Labute approximate surface area is 416 Å². The fraction of sp³-hybridized carbons (Fsp3) is 0.129. The van der Waals surface area contributed by atoms with Gasteiger partial charge in [-0.2, -0.15) is 18.2 Å². The minimum atomic E-state index is -0.210. The van der Waals surface area contributed by atoms with Gasteiger partial charge in [0.25, 0.3) is 6.33 Å². The molecule has 0 bridgehead atoms. The van der Waals surface area contributed by atoms with Gasteiger partial charge in [0, 0.05) is 60.6 Å². The van der Waals surface area contributed by atoms with Crippen LogP contribution in [0.5, 0.6) is 11.5 Å². The maximum absolute atomic E-state index is 6.68. The van der Waals surface area contributed by atoms with Gasteiger partial charge in [-0.15, -0.1) is 29.7 Å². The van der Waals surface area contributed by atoms with Crippen molar-refractivity contribution in [2.45, 2.75) is 52.4 Å². The van der Waals surface area contributed by atoms with Crippen LogP contribution in [0.15, 0.2) is 187 Å². The average molecular weight is 1080 g/mol. The molecule has 6 nitrogen and oxygen atoms in total. The van der Waals surface area contributed by atoms with Gasteiger partial charge in [-0.1, -0.05) is 156 Å². The SMILES string of the molecule is CC(C)(C)c1ccnc(-n2c3[c-]c(Oc4[c-]c(-n5[c-][n+](-c6c(-c7cc(-c8ccccc8)c8oc9ccccc9c8c7)cccc6C(C)(C)C)c6ccccc65)ccc4)ccc3c3ccccc32)c1.[Pt]. The quantitative estimate of drug-likeness (QED) is 0.118. The monoisotopic (exact) mass is 1080 g/mol. The molecule has 69 heavy (non-hydrogen) atoms. The summed E-state index contributed by atoms with van der Waals surface area (Å²) in [5.74, 6) is 1.99. The van der Waals surface area contributed by atoms with Crippen LogP contribution >= 0.6 is 0 Å². The Morgan fingerprint density at radius 3 is 2.10 bits per heavy atom. The van der Waals surface area contributed by atoms with Crippen LogP contribution in [0.2, 0.25) is 0 Å². The smallest absolute Gasteiger partial charge is 0.268 e. The minimum absolute atomic E-state index is 0. The summed E-state index contributed by atoms with van der Waals surface area (Å²) in [6.07, 6.45) is 5.73. The molecule has 12 aromatic rings. The van der Waals surface area contributed by atoms with Gasteiger partial charge in [0.05, 0.1) is 16.7 Å². The molecular formula is C62H48N4O2Pt-2. The molecule has 4 heterocycles. The van der Waals surface area contributed by atoms with E-state index in [-0.39, 0.29) is 31.9 Å². The minimum Gasteiger partial charge on any atom is -0.510 e. The molecule has 0 aliphatic carbocycles. The van der Waals surface area contributed by atoms with Crippen LogP contribution in [0.3, 0.4) is 0 Å². The Morgan fingerprint density at radius 1 is 0.565 bits per heavy atom. The van der Waals surface area contributed by atoms with Crippen molar-refractivity contribution in [2.75, 3.05) is 0 Å². The fourth-order valence-electron chi connectivity index (χ4n) is 9.76. The Kier molecular flexibility index (Phi) is 10.8. The molecule has 0 amide bonds. The van der Waals surface area contributed by atoms with E-state index in [1.807, 2.05) is 30.5 Å². The molecule has 0 aliphatic heterocycles. The van der Waals surface area contributed by atoms with Gasteiger partial charge < -0.3 is 18.3 Å². The van der Waals surface area contributed by atoms with Crippen molar-refractivity contribution in [3.8, 4) is 50.9 Å². The summed E-state index contributed by atoms with van der Waals surface area (Å²) in [5, 5.41) is 4.38. The molecule has 4 aromatic heterocycles. The van der Waals surface area contributed by atoms with E-state index in [1.165, 1.54) is 11.1 Å². The zero-order valence-electron chi connectivity index (χ0n) is 39.2. The van der Waals surface area contributed by atoms with Crippen molar-refractivity contribution in [3.05, 3.63) is 212 Å². The number of aromatic nitrogens is 4. The van der Waals surface area contributed by atoms with Crippen LogP contribution in [0, 0.1) is 18.5 Å². The maximum atomic E-state index is 6.68. The molecule has 0 aliphatic rings. The number of hydrogen-bond donors (Lipinski definition) is 0. The van der Waals surface area contributed by atoms with Gasteiger partial charge in [-0.3, -0.25) is 4.57 Å². The summed E-state index contributed by atoms with van der Waals surface area (Å²) in [4.78, 5) is 4.87. The first-order valence-electron chi connectivity index (χ1n) is 23.2. The second-order valence-electron chi connectivity index (χ2n) is 19.7. The van der Waals surface area contributed by atoms with Gasteiger partial charge >= 0.3 is 0 Å². The van der Waals surface area contributed by atoms with E-state index in [0.717, 1.165) is 94.2 Å². The third-order valence-electron chi connectivity index (χ3n) is 13.1. The van der Waals surface area contributed by atoms with E-state index < -0.39 is 0 Å². The molecule has 0 saturated heterocycles.